The molecule has 1 aromatic carbocycles. The Morgan fingerprint density at radius 3 is 2.85 bits per heavy atom. The Morgan fingerprint density at radius 2 is 2.10 bits per heavy atom. The molecule has 0 radical (unpaired) electrons. The molecule has 1 aromatic rings. The molecule has 0 amide bonds. The first-order valence-electron chi connectivity index (χ1n) is 7.42. The van der Waals surface area contributed by atoms with Gasteiger partial charge in [0.2, 0.25) is 0 Å². The molecule has 0 bridgehead atoms. The van der Waals surface area contributed by atoms with Gasteiger partial charge in [0.05, 0.1) is 0 Å². The van der Waals surface area contributed by atoms with Gasteiger partial charge in [-0.05, 0) is 43.9 Å². The van der Waals surface area contributed by atoms with E-state index in [1.165, 1.54) is 17.7 Å². The number of benzene rings is 1. The molecule has 0 spiro atoms. The van der Waals surface area contributed by atoms with Gasteiger partial charge in [-0.15, -0.1) is 0 Å². The zero-order chi connectivity index (χ0) is 14.3. The minimum Gasteiger partial charge on any atom is -0.490 e. The number of halogens is 1. The number of nitrogens with two attached hydrogens (primary N) is 1. The molecule has 0 saturated carbocycles. The second kappa shape index (κ2) is 5.21. The lowest BCUT2D eigenvalue weighted by Gasteiger charge is -2.37. The third kappa shape index (κ3) is 2.59. The zero-order valence-electron chi connectivity index (χ0n) is 12.1. The van der Waals surface area contributed by atoms with E-state index in [9.17, 15) is 4.39 Å². The van der Waals surface area contributed by atoms with Gasteiger partial charge in [0.25, 0.3) is 0 Å². The smallest absolute Gasteiger partial charge is 0.124 e. The number of rotatable bonds is 1. The molecule has 2 nitrogen and oxygen atoms in total. The molecule has 0 fully saturated rings. The van der Waals surface area contributed by atoms with Crippen LogP contribution in [0.25, 0.3) is 0 Å². The van der Waals surface area contributed by atoms with E-state index in [-0.39, 0.29) is 18.0 Å². The van der Waals surface area contributed by atoms with Crippen LogP contribution in [0, 0.1) is 17.7 Å². The summed E-state index contributed by atoms with van der Waals surface area (Å²) in [5, 5.41) is 0. The Morgan fingerprint density at radius 1 is 1.30 bits per heavy atom. The minimum absolute atomic E-state index is 0.124. The van der Waals surface area contributed by atoms with Crippen molar-refractivity contribution in [2.75, 3.05) is 0 Å². The normalized spacial score (nSPS) is 33.1. The molecule has 1 aliphatic heterocycles. The molecular formula is C17H22FNO. The second-order valence-electron chi connectivity index (χ2n) is 6.37. The van der Waals surface area contributed by atoms with Crippen LogP contribution in [0.4, 0.5) is 4.39 Å². The molecule has 4 atom stereocenters. The average Bonchev–Trinajstić information content (AvgIpc) is 2.38. The molecule has 20 heavy (non-hydrogen) atoms. The molecule has 3 heteroatoms. The monoisotopic (exact) mass is 275 g/mol. The van der Waals surface area contributed by atoms with Crippen LogP contribution in [-0.2, 0) is 0 Å². The summed E-state index contributed by atoms with van der Waals surface area (Å²) < 4.78 is 19.4. The summed E-state index contributed by atoms with van der Waals surface area (Å²) >= 11 is 0. The Balaban J connectivity index is 1.81. The number of allylic oxidation sites excluding steroid dienone is 2. The van der Waals surface area contributed by atoms with E-state index in [1.807, 2.05) is 0 Å². The molecule has 0 aromatic heterocycles. The van der Waals surface area contributed by atoms with Crippen LogP contribution in [0.1, 0.15) is 44.7 Å². The van der Waals surface area contributed by atoms with Crippen LogP contribution < -0.4 is 10.5 Å². The van der Waals surface area contributed by atoms with E-state index in [1.54, 1.807) is 6.07 Å². The van der Waals surface area contributed by atoms with E-state index in [2.05, 4.69) is 19.9 Å². The molecule has 3 rings (SSSR count). The highest BCUT2D eigenvalue weighted by molar-refractivity contribution is 5.38. The first-order chi connectivity index (χ1) is 9.52. The molecule has 2 N–H and O–H groups in total. The maximum absolute atomic E-state index is 13.3. The summed E-state index contributed by atoms with van der Waals surface area (Å²) in [6.07, 6.45) is 5.50. The summed E-state index contributed by atoms with van der Waals surface area (Å²) in [4.78, 5) is 0. The van der Waals surface area contributed by atoms with Crippen LogP contribution in [0.3, 0.4) is 0 Å². The van der Waals surface area contributed by atoms with E-state index in [4.69, 9.17) is 10.5 Å². The van der Waals surface area contributed by atoms with E-state index < -0.39 is 0 Å². The van der Waals surface area contributed by atoms with Crippen molar-refractivity contribution in [3.8, 4) is 5.75 Å². The Bertz CT molecular complexity index is 540. The van der Waals surface area contributed by atoms with Crippen LogP contribution in [0.5, 0.6) is 5.75 Å². The van der Waals surface area contributed by atoms with Crippen molar-refractivity contribution in [3.63, 3.8) is 0 Å². The van der Waals surface area contributed by atoms with Gasteiger partial charge < -0.3 is 10.5 Å². The van der Waals surface area contributed by atoms with Crippen molar-refractivity contribution in [2.45, 2.75) is 45.3 Å². The molecular weight excluding hydrogens is 253 g/mol. The minimum atomic E-state index is -0.244. The van der Waals surface area contributed by atoms with Crippen molar-refractivity contribution in [2.24, 2.45) is 17.6 Å². The lowest BCUT2D eigenvalue weighted by atomic mass is 9.78. The third-order valence-corrected chi connectivity index (χ3v) is 4.49. The van der Waals surface area contributed by atoms with Crippen molar-refractivity contribution in [1.29, 1.82) is 0 Å². The van der Waals surface area contributed by atoms with Gasteiger partial charge in [0, 0.05) is 23.9 Å². The Labute approximate surface area is 119 Å². The van der Waals surface area contributed by atoms with Crippen molar-refractivity contribution in [3.05, 3.63) is 41.2 Å². The third-order valence-electron chi connectivity index (χ3n) is 4.49. The lowest BCUT2D eigenvalue weighted by molar-refractivity contribution is 0.0856. The molecule has 108 valence electrons. The van der Waals surface area contributed by atoms with Gasteiger partial charge in [-0.3, -0.25) is 0 Å². The Kier molecular flexibility index (Phi) is 3.55. The van der Waals surface area contributed by atoms with Gasteiger partial charge in [0.15, 0.2) is 0 Å². The topological polar surface area (TPSA) is 35.2 Å². The van der Waals surface area contributed by atoms with Crippen molar-refractivity contribution < 1.29 is 9.13 Å². The maximum atomic E-state index is 13.3. The van der Waals surface area contributed by atoms with Crippen LogP contribution in [0.15, 0.2) is 29.8 Å². The predicted molar refractivity (Wildman–Crippen MR) is 78.0 cm³/mol. The summed E-state index contributed by atoms with van der Waals surface area (Å²) in [6, 6.07) is 4.54. The van der Waals surface area contributed by atoms with Crippen molar-refractivity contribution >= 4 is 0 Å². The highest BCUT2D eigenvalue weighted by Gasteiger charge is 2.34. The number of hydrogen-bond donors (Lipinski definition) is 1. The fourth-order valence-electron chi connectivity index (χ4n) is 3.67. The van der Waals surface area contributed by atoms with Gasteiger partial charge in [-0.25, -0.2) is 4.39 Å². The van der Waals surface area contributed by atoms with E-state index in [0.29, 0.717) is 11.8 Å². The Hall–Kier alpha value is -1.35. The van der Waals surface area contributed by atoms with Crippen LogP contribution >= 0.6 is 0 Å². The first-order valence-corrected chi connectivity index (χ1v) is 7.42. The fourth-order valence-corrected chi connectivity index (χ4v) is 3.67. The van der Waals surface area contributed by atoms with Gasteiger partial charge in [-0.1, -0.05) is 18.6 Å². The fraction of sp³-hybridized carbons (Fsp3) is 0.529. The summed E-state index contributed by atoms with van der Waals surface area (Å²) in [6.45, 7) is 4.44. The lowest BCUT2D eigenvalue weighted by Crippen LogP contribution is -2.37. The number of ether oxygens (including phenoxy) is 1. The molecule has 1 heterocycles. The quantitative estimate of drug-likeness (QED) is 0.787. The highest BCUT2D eigenvalue weighted by Crippen LogP contribution is 2.40. The summed E-state index contributed by atoms with van der Waals surface area (Å²) in [5.74, 6) is 1.63. The largest absolute Gasteiger partial charge is 0.490 e. The second-order valence-corrected chi connectivity index (χ2v) is 6.37. The SMILES string of the molecule is CC1=CC(C)CC(C2C[C@@H](N)c3cc(F)ccc3O2)C1. The zero-order valence-corrected chi connectivity index (χ0v) is 12.1. The standard InChI is InChI=1S/C17H22FNO/c1-10-5-11(2)7-12(6-10)17-9-15(19)14-8-13(18)3-4-16(14)20-17/h3-5,8,10,12,15,17H,6-7,9,19H2,1-2H3/t10?,12?,15-,17?/m1/s1. The van der Waals surface area contributed by atoms with Gasteiger partial charge in [-0.2, -0.15) is 0 Å². The van der Waals surface area contributed by atoms with E-state index in [0.717, 1.165) is 30.6 Å². The molecule has 0 saturated heterocycles. The number of hydrogen-bond acceptors (Lipinski definition) is 2. The van der Waals surface area contributed by atoms with Gasteiger partial charge >= 0.3 is 0 Å². The average molecular weight is 275 g/mol. The first kappa shape index (κ1) is 13.6. The summed E-state index contributed by atoms with van der Waals surface area (Å²) in [7, 11) is 0. The number of fused-ring (bicyclic) bond motifs is 1. The highest BCUT2D eigenvalue weighted by atomic mass is 19.1. The maximum Gasteiger partial charge on any atom is 0.124 e. The summed E-state index contributed by atoms with van der Waals surface area (Å²) in [5.41, 5.74) is 8.46. The van der Waals surface area contributed by atoms with Crippen LogP contribution in [0.2, 0.25) is 0 Å². The van der Waals surface area contributed by atoms with Crippen molar-refractivity contribution in [1.82, 2.24) is 0 Å². The molecule has 2 aliphatic rings. The van der Waals surface area contributed by atoms with Crippen LogP contribution in [-0.4, -0.2) is 6.10 Å². The molecule has 3 unspecified atom stereocenters. The molecule has 1 aliphatic carbocycles. The van der Waals surface area contributed by atoms with E-state index >= 15 is 0 Å². The van der Waals surface area contributed by atoms with Gasteiger partial charge in [0.1, 0.15) is 17.7 Å². The predicted octanol–water partition coefficient (Wildman–Crippen LogP) is 3.97.